The highest BCUT2D eigenvalue weighted by Crippen LogP contribution is 2.29. The van der Waals surface area contributed by atoms with E-state index >= 15 is 0 Å². The van der Waals surface area contributed by atoms with Crippen molar-refractivity contribution in [1.29, 1.82) is 0 Å². The quantitative estimate of drug-likeness (QED) is 0.843. The van der Waals surface area contributed by atoms with Gasteiger partial charge in [-0.1, -0.05) is 35.0 Å². The average Bonchev–Trinajstić information content (AvgIpc) is 2.66. The van der Waals surface area contributed by atoms with Crippen LogP contribution in [0, 0.1) is 20.8 Å². The van der Waals surface area contributed by atoms with E-state index in [1.807, 2.05) is 6.92 Å². The zero-order valence-corrected chi connectivity index (χ0v) is 14.2. The SMILES string of the molecule is CCNC(Cc1ccc(Br)cc1)c1c(C)oc(C)c1C. The van der Waals surface area contributed by atoms with E-state index < -0.39 is 0 Å². The Morgan fingerprint density at radius 1 is 1.10 bits per heavy atom. The average molecular weight is 336 g/mol. The Balaban J connectivity index is 2.29. The Kier molecular flexibility index (Phi) is 5.06. The molecular formula is C17H22BrNO. The van der Waals surface area contributed by atoms with Crippen LogP contribution in [0.3, 0.4) is 0 Å². The summed E-state index contributed by atoms with van der Waals surface area (Å²) in [6, 6.07) is 8.84. The highest BCUT2D eigenvalue weighted by Gasteiger charge is 2.20. The minimum absolute atomic E-state index is 0.304. The number of hydrogen-bond acceptors (Lipinski definition) is 2. The van der Waals surface area contributed by atoms with Crippen LogP contribution in [0.2, 0.25) is 0 Å². The first-order valence-corrected chi connectivity index (χ1v) is 7.86. The van der Waals surface area contributed by atoms with Crippen LogP contribution in [0.25, 0.3) is 0 Å². The molecule has 0 spiro atoms. The summed E-state index contributed by atoms with van der Waals surface area (Å²) in [6.45, 7) is 9.33. The van der Waals surface area contributed by atoms with Crippen molar-refractivity contribution in [3.05, 3.63) is 56.9 Å². The molecule has 0 fully saturated rings. The first-order valence-electron chi connectivity index (χ1n) is 7.07. The van der Waals surface area contributed by atoms with Crippen molar-refractivity contribution >= 4 is 15.9 Å². The number of halogens is 1. The molecule has 0 aliphatic rings. The van der Waals surface area contributed by atoms with E-state index in [1.54, 1.807) is 0 Å². The molecule has 2 rings (SSSR count). The van der Waals surface area contributed by atoms with Gasteiger partial charge in [-0.3, -0.25) is 0 Å². The molecule has 3 heteroatoms. The first kappa shape index (κ1) is 15.3. The number of nitrogens with one attached hydrogen (secondary N) is 1. The van der Waals surface area contributed by atoms with E-state index in [-0.39, 0.29) is 0 Å². The number of furan rings is 1. The summed E-state index contributed by atoms with van der Waals surface area (Å²) in [4.78, 5) is 0. The largest absolute Gasteiger partial charge is 0.466 e. The number of likely N-dealkylation sites (N-methyl/N-ethyl adjacent to an activating group) is 1. The van der Waals surface area contributed by atoms with Crippen molar-refractivity contribution in [2.75, 3.05) is 6.54 Å². The van der Waals surface area contributed by atoms with Gasteiger partial charge in [0.1, 0.15) is 11.5 Å². The molecule has 0 saturated heterocycles. The lowest BCUT2D eigenvalue weighted by Crippen LogP contribution is -2.23. The number of rotatable bonds is 5. The summed E-state index contributed by atoms with van der Waals surface area (Å²) in [5.41, 5.74) is 3.91. The Bertz CT molecular complexity index is 571. The van der Waals surface area contributed by atoms with Crippen molar-refractivity contribution in [2.24, 2.45) is 0 Å². The van der Waals surface area contributed by atoms with Gasteiger partial charge in [0.15, 0.2) is 0 Å². The number of hydrogen-bond donors (Lipinski definition) is 1. The summed E-state index contributed by atoms with van der Waals surface area (Å²) in [5.74, 6) is 2.05. The van der Waals surface area contributed by atoms with Crippen molar-refractivity contribution in [3.8, 4) is 0 Å². The minimum atomic E-state index is 0.304. The van der Waals surface area contributed by atoms with Crippen LogP contribution >= 0.6 is 15.9 Å². The lowest BCUT2D eigenvalue weighted by molar-refractivity contribution is 0.484. The normalized spacial score (nSPS) is 12.7. The second-order valence-corrected chi connectivity index (χ2v) is 6.11. The molecule has 0 amide bonds. The molecule has 0 bridgehead atoms. The third-order valence-electron chi connectivity index (χ3n) is 3.77. The van der Waals surface area contributed by atoms with Crippen LogP contribution in [0.5, 0.6) is 0 Å². The molecule has 2 nitrogen and oxygen atoms in total. The highest BCUT2D eigenvalue weighted by atomic mass is 79.9. The fourth-order valence-electron chi connectivity index (χ4n) is 2.70. The van der Waals surface area contributed by atoms with Crippen LogP contribution in [0.4, 0.5) is 0 Å². The van der Waals surface area contributed by atoms with Gasteiger partial charge in [-0.2, -0.15) is 0 Å². The van der Waals surface area contributed by atoms with Gasteiger partial charge in [-0.15, -0.1) is 0 Å². The van der Waals surface area contributed by atoms with Crippen molar-refractivity contribution in [2.45, 2.75) is 40.2 Å². The van der Waals surface area contributed by atoms with E-state index in [9.17, 15) is 0 Å². The molecule has 1 aromatic heterocycles. The fourth-order valence-corrected chi connectivity index (χ4v) is 2.96. The molecule has 2 aromatic rings. The van der Waals surface area contributed by atoms with Crippen LogP contribution in [0.15, 0.2) is 33.2 Å². The summed E-state index contributed by atoms with van der Waals surface area (Å²) >= 11 is 3.48. The molecule has 1 atom stereocenters. The lowest BCUT2D eigenvalue weighted by atomic mass is 9.96. The van der Waals surface area contributed by atoms with Gasteiger partial charge < -0.3 is 9.73 Å². The second-order valence-electron chi connectivity index (χ2n) is 5.19. The molecule has 0 aliphatic carbocycles. The second kappa shape index (κ2) is 6.59. The zero-order chi connectivity index (χ0) is 14.7. The Labute approximate surface area is 129 Å². The van der Waals surface area contributed by atoms with Gasteiger partial charge in [0, 0.05) is 16.1 Å². The minimum Gasteiger partial charge on any atom is -0.466 e. The van der Waals surface area contributed by atoms with Crippen molar-refractivity contribution in [1.82, 2.24) is 5.32 Å². The van der Waals surface area contributed by atoms with Crippen LogP contribution in [-0.4, -0.2) is 6.54 Å². The molecule has 0 saturated carbocycles. The molecule has 20 heavy (non-hydrogen) atoms. The van der Waals surface area contributed by atoms with Crippen LogP contribution in [-0.2, 0) is 6.42 Å². The fraction of sp³-hybridized carbons (Fsp3) is 0.412. The molecule has 1 unspecified atom stereocenters. The maximum atomic E-state index is 5.78. The van der Waals surface area contributed by atoms with E-state index in [4.69, 9.17) is 4.42 Å². The maximum Gasteiger partial charge on any atom is 0.106 e. The topological polar surface area (TPSA) is 25.2 Å². The predicted molar refractivity (Wildman–Crippen MR) is 87.2 cm³/mol. The third-order valence-corrected chi connectivity index (χ3v) is 4.30. The molecule has 1 aromatic carbocycles. The van der Waals surface area contributed by atoms with E-state index in [0.29, 0.717) is 6.04 Å². The molecule has 1 heterocycles. The number of aryl methyl sites for hydroxylation is 2. The first-order chi connectivity index (χ1) is 9.52. The standard InChI is InChI=1S/C17H22BrNO/c1-5-19-16(10-14-6-8-15(18)9-7-14)17-11(2)12(3)20-13(17)4/h6-9,16,19H,5,10H2,1-4H3. The van der Waals surface area contributed by atoms with Gasteiger partial charge >= 0.3 is 0 Å². The highest BCUT2D eigenvalue weighted by molar-refractivity contribution is 9.10. The lowest BCUT2D eigenvalue weighted by Gasteiger charge is -2.19. The van der Waals surface area contributed by atoms with Gasteiger partial charge in [0.25, 0.3) is 0 Å². The zero-order valence-electron chi connectivity index (χ0n) is 12.6. The molecule has 0 aliphatic heterocycles. The van der Waals surface area contributed by atoms with Gasteiger partial charge in [-0.25, -0.2) is 0 Å². The van der Waals surface area contributed by atoms with Crippen LogP contribution in [0.1, 0.15) is 41.2 Å². The third kappa shape index (κ3) is 3.33. The van der Waals surface area contributed by atoms with Gasteiger partial charge in [0.05, 0.1) is 0 Å². The molecule has 1 N–H and O–H groups in total. The Morgan fingerprint density at radius 2 is 1.75 bits per heavy atom. The smallest absolute Gasteiger partial charge is 0.106 e. The molecular weight excluding hydrogens is 314 g/mol. The van der Waals surface area contributed by atoms with E-state index in [1.165, 1.54) is 16.7 Å². The summed E-state index contributed by atoms with van der Waals surface area (Å²) in [6.07, 6.45) is 0.974. The Morgan fingerprint density at radius 3 is 2.25 bits per heavy atom. The summed E-state index contributed by atoms with van der Waals surface area (Å²) in [7, 11) is 0. The maximum absolute atomic E-state index is 5.78. The van der Waals surface area contributed by atoms with E-state index in [2.05, 4.69) is 66.3 Å². The number of benzene rings is 1. The summed E-state index contributed by atoms with van der Waals surface area (Å²) < 4.78 is 6.90. The van der Waals surface area contributed by atoms with Crippen molar-refractivity contribution in [3.63, 3.8) is 0 Å². The predicted octanol–water partition coefficient (Wildman–Crippen LogP) is 4.86. The van der Waals surface area contributed by atoms with Gasteiger partial charge in [0.2, 0.25) is 0 Å². The monoisotopic (exact) mass is 335 g/mol. The summed E-state index contributed by atoms with van der Waals surface area (Å²) in [5, 5.41) is 3.59. The molecule has 0 radical (unpaired) electrons. The Hall–Kier alpha value is -1.06. The van der Waals surface area contributed by atoms with Gasteiger partial charge in [-0.05, 0) is 57.0 Å². The van der Waals surface area contributed by atoms with E-state index in [0.717, 1.165) is 29.0 Å². The molecule has 108 valence electrons. The van der Waals surface area contributed by atoms with Crippen molar-refractivity contribution < 1.29 is 4.42 Å². The van der Waals surface area contributed by atoms with Crippen LogP contribution < -0.4 is 5.32 Å².